The number of nitrogens with zero attached hydrogens (tertiary/aromatic N) is 1. The quantitative estimate of drug-likeness (QED) is 0.159. The normalized spacial score (nSPS) is 18.4. The van der Waals surface area contributed by atoms with Crippen LogP contribution in [-0.2, 0) is 9.16 Å². The zero-order chi connectivity index (χ0) is 26.9. The van der Waals surface area contributed by atoms with Gasteiger partial charge in [-0.2, -0.15) is 0 Å². The zero-order valence-electron chi connectivity index (χ0n) is 25.3. The van der Waals surface area contributed by atoms with Crippen molar-refractivity contribution >= 4 is 40.9 Å². The van der Waals surface area contributed by atoms with Crippen molar-refractivity contribution in [2.24, 2.45) is 0 Å². The summed E-state index contributed by atoms with van der Waals surface area (Å²) in [6.07, 6.45) is 10.2. The van der Waals surface area contributed by atoms with E-state index in [4.69, 9.17) is 9.16 Å². The molecule has 1 heterocycles. The van der Waals surface area contributed by atoms with Gasteiger partial charge in [-0.1, -0.05) is 0 Å². The van der Waals surface area contributed by atoms with E-state index in [-0.39, 0.29) is 17.2 Å². The molecule has 0 bridgehead atoms. The molecule has 1 saturated heterocycles. The Labute approximate surface area is 225 Å². The molecule has 0 radical (unpaired) electrons. The van der Waals surface area contributed by atoms with Crippen molar-refractivity contribution in [3.63, 3.8) is 0 Å². The first-order valence-corrected chi connectivity index (χ1v) is 28.9. The van der Waals surface area contributed by atoms with Crippen LogP contribution < -0.4 is 0 Å². The molecule has 1 rings (SSSR count). The monoisotopic (exact) mass is 633 g/mol. The van der Waals surface area contributed by atoms with E-state index in [2.05, 4.69) is 80.5 Å². The summed E-state index contributed by atoms with van der Waals surface area (Å²) in [7, 11) is -3.48. The first-order valence-electron chi connectivity index (χ1n) is 14.4. The van der Waals surface area contributed by atoms with Gasteiger partial charge in [0.15, 0.2) is 0 Å². The standard InChI is InChI=1S/C16H32NO3Si2.3C4H9.Sn/c1-13(21(5,6)7)10-17-14(11-19-15(17)18)12-20-22(8,9)16(2,3)4;3*1-3-4-2;/h10,14H,1,11-12H2,2-9H3;3*1,3-4H2,2H3;/b13-10+;;;;. The number of carbonyl (C=O) groups is 1. The number of hydrogen-bond donors (Lipinski definition) is 0. The third-order valence-electron chi connectivity index (χ3n) is 8.45. The Kier molecular flexibility index (Phi) is 13.7. The maximum atomic E-state index is 12.9. The minimum absolute atomic E-state index is 0.00509. The molecule has 7 heteroatoms. The SMILES string of the molecule is CCC[CH2][Sn]([CH2]CCC)([CH2]CCC)[CH2]/C(=C\N1C(=O)OCC1CO[Si](C)(C)C(C)(C)C)[Si](C)(C)C. The molecular weight excluding hydrogens is 573 g/mol. The van der Waals surface area contributed by atoms with E-state index in [9.17, 15) is 4.79 Å². The number of amides is 1. The number of cyclic esters (lactones) is 1. The third kappa shape index (κ3) is 10.5. The second-order valence-electron chi connectivity index (χ2n) is 13.6. The molecule has 0 spiro atoms. The van der Waals surface area contributed by atoms with Crippen LogP contribution in [0.1, 0.15) is 80.1 Å². The molecule has 206 valence electrons. The van der Waals surface area contributed by atoms with E-state index in [1.807, 2.05) is 4.90 Å². The predicted octanol–water partition coefficient (Wildman–Crippen LogP) is 9.44. The fourth-order valence-electron chi connectivity index (χ4n) is 4.65. The van der Waals surface area contributed by atoms with E-state index >= 15 is 0 Å². The number of rotatable bonds is 16. The van der Waals surface area contributed by atoms with E-state index in [0.29, 0.717) is 13.2 Å². The van der Waals surface area contributed by atoms with Crippen molar-refractivity contribution in [3.8, 4) is 0 Å². The predicted molar refractivity (Wildman–Crippen MR) is 161 cm³/mol. The van der Waals surface area contributed by atoms with Gasteiger partial charge in [0, 0.05) is 0 Å². The van der Waals surface area contributed by atoms with Crippen LogP contribution in [0.5, 0.6) is 0 Å². The first kappa shape index (κ1) is 33.2. The number of hydrogen-bond acceptors (Lipinski definition) is 3. The van der Waals surface area contributed by atoms with Gasteiger partial charge in [-0.3, -0.25) is 0 Å². The van der Waals surface area contributed by atoms with Gasteiger partial charge in [-0.05, 0) is 0 Å². The summed E-state index contributed by atoms with van der Waals surface area (Å²) >= 11 is -2.38. The Morgan fingerprint density at radius 3 is 1.89 bits per heavy atom. The number of ether oxygens (including phenoxy) is 1. The molecule has 0 aliphatic carbocycles. The van der Waals surface area contributed by atoms with Crippen LogP contribution in [0.2, 0.25) is 55.5 Å². The molecule has 1 amide bonds. The molecule has 1 aliphatic rings. The fraction of sp³-hybridized carbons (Fsp3) is 0.893. The summed E-state index contributed by atoms with van der Waals surface area (Å²) in [6.45, 7) is 26.9. The second-order valence-corrected chi connectivity index (χ2v) is 37.4. The maximum absolute atomic E-state index is 12.9. The molecule has 1 fully saturated rings. The van der Waals surface area contributed by atoms with Crippen LogP contribution >= 0.6 is 0 Å². The molecule has 0 aromatic rings. The van der Waals surface area contributed by atoms with Gasteiger partial charge < -0.3 is 0 Å². The van der Waals surface area contributed by atoms with Crippen molar-refractivity contribution in [2.45, 2.75) is 142 Å². The molecule has 1 unspecified atom stereocenters. The van der Waals surface area contributed by atoms with Crippen LogP contribution in [0, 0.1) is 0 Å². The molecule has 0 aromatic heterocycles. The summed E-state index contributed by atoms with van der Waals surface area (Å²) in [4.78, 5) is 14.8. The molecule has 1 atom stereocenters. The average Bonchev–Trinajstić information content (AvgIpc) is 3.10. The Hall–Kier alpha value is 0.202. The molecule has 35 heavy (non-hydrogen) atoms. The van der Waals surface area contributed by atoms with Crippen LogP contribution in [0.4, 0.5) is 4.79 Å². The molecular formula is C28H59NO3Si2Sn. The molecule has 4 nitrogen and oxygen atoms in total. The van der Waals surface area contributed by atoms with Crippen molar-refractivity contribution in [1.29, 1.82) is 0 Å². The Morgan fingerprint density at radius 2 is 1.49 bits per heavy atom. The van der Waals surface area contributed by atoms with E-state index in [1.54, 1.807) is 5.20 Å². The molecule has 0 saturated carbocycles. The Balaban J connectivity index is 3.28. The Morgan fingerprint density at radius 1 is 1.00 bits per heavy atom. The van der Waals surface area contributed by atoms with Crippen LogP contribution in [0.15, 0.2) is 11.4 Å². The van der Waals surface area contributed by atoms with Crippen LogP contribution in [0.3, 0.4) is 0 Å². The number of unbranched alkanes of at least 4 members (excludes halogenated alkanes) is 3. The Bertz CT molecular complexity index is 661. The zero-order valence-corrected chi connectivity index (χ0v) is 30.2. The minimum atomic E-state index is -2.38. The second kappa shape index (κ2) is 14.4. The summed E-state index contributed by atoms with van der Waals surface area (Å²) in [5.74, 6) is 0. The van der Waals surface area contributed by atoms with Crippen molar-refractivity contribution in [1.82, 2.24) is 4.90 Å². The molecule has 0 aromatic carbocycles. The molecule has 0 N–H and O–H groups in total. The van der Waals surface area contributed by atoms with Gasteiger partial charge in [-0.25, -0.2) is 0 Å². The van der Waals surface area contributed by atoms with Gasteiger partial charge in [0.05, 0.1) is 0 Å². The number of carbonyl (C=O) groups excluding carboxylic acids is 1. The summed E-state index contributed by atoms with van der Waals surface area (Å²) < 4.78 is 18.0. The van der Waals surface area contributed by atoms with Gasteiger partial charge in [-0.15, -0.1) is 0 Å². The molecule has 1 aliphatic heterocycles. The fourth-order valence-corrected chi connectivity index (χ4v) is 29.5. The average molecular weight is 633 g/mol. The summed E-state index contributed by atoms with van der Waals surface area (Å²) in [5.41, 5.74) is 0. The van der Waals surface area contributed by atoms with Crippen LogP contribution in [-0.4, -0.2) is 65.0 Å². The van der Waals surface area contributed by atoms with Crippen molar-refractivity contribution in [2.75, 3.05) is 13.2 Å². The third-order valence-corrected chi connectivity index (χ3v) is 31.5. The number of allylic oxidation sites excluding steroid dienone is 1. The first-order chi connectivity index (χ1) is 16.1. The summed E-state index contributed by atoms with van der Waals surface area (Å²) in [5, 5.41) is 1.76. The van der Waals surface area contributed by atoms with Gasteiger partial charge in [0.25, 0.3) is 0 Å². The van der Waals surface area contributed by atoms with E-state index in [0.717, 1.165) is 0 Å². The van der Waals surface area contributed by atoms with Gasteiger partial charge >= 0.3 is 226 Å². The topological polar surface area (TPSA) is 38.8 Å². The van der Waals surface area contributed by atoms with E-state index in [1.165, 1.54) is 56.3 Å². The van der Waals surface area contributed by atoms with Gasteiger partial charge in [0.2, 0.25) is 0 Å². The van der Waals surface area contributed by atoms with Crippen molar-refractivity contribution in [3.05, 3.63) is 11.4 Å². The van der Waals surface area contributed by atoms with Crippen LogP contribution in [0.25, 0.3) is 0 Å². The van der Waals surface area contributed by atoms with E-state index < -0.39 is 34.8 Å². The van der Waals surface area contributed by atoms with Crippen molar-refractivity contribution < 1.29 is 14.0 Å². The van der Waals surface area contributed by atoms with Gasteiger partial charge in [0.1, 0.15) is 0 Å². The summed E-state index contributed by atoms with van der Waals surface area (Å²) in [6, 6.07) is -0.00509.